The molecule has 2 N–H and O–H groups in total. The van der Waals surface area contributed by atoms with Crippen LogP contribution in [0.15, 0.2) is 48.5 Å². The molecule has 28 heavy (non-hydrogen) atoms. The lowest BCUT2D eigenvalue weighted by Crippen LogP contribution is -2.31. The number of ether oxygens (including phenoxy) is 2. The monoisotopic (exact) mass is 382 g/mol. The van der Waals surface area contributed by atoms with E-state index in [0.717, 1.165) is 12.0 Å². The summed E-state index contributed by atoms with van der Waals surface area (Å²) in [7, 11) is 3.16. The molecule has 1 fully saturated rings. The maximum atomic E-state index is 12.3. The van der Waals surface area contributed by atoms with Crippen molar-refractivity contribution < 1.29 is 19.1 Å². The maximum Gasteiger partial charge on any atom is 0.224 e. The minimum Gasteiger partial charge on any atom is -0.493 e. The quantitative estimate of drug-likeness (QED) is 0.698. The molecule has 0 aromatic heterocycles. The SMILES string of the molecule is COc1ccc(CNC(=O)C2CC2C(=O)NCCc2ccccc2)cc1OC. The number of hydrogen-bond donors (Lipinski definition) is 2. The molecule has 1 aliphatic carbocycles. The van der Waals surface area contributed by atoms with Crippen LogP contribution >= 0.6 is 0 Å². The maximum absolute atomic E-state index is 12.3. The zero-order chi connectivity index (χ0) is 19.9. The predicted octanol–water partition coefficient (Wildman–Crippen LogP) is 2.31. The van der Waals surface area contributed by atoms with Crippen LogP contribution in [0.4, 0.5) is 0 Å². The van der Waals surface area contributed by atoms with Crippen molar-refractivity contribution in [2.24, 2.45) is 11.8 Å². The fourth-order valence-corrected chi connectivity index (χ4v) is 3.19. The number of amides is 2. The van der Waals surface area contributed by atoms with Gasteiger partial charge in [0, 0.05) is 13.1 Å². The van der Waals surface area contributed by atoms with Gasteiger partial charge < -0.3 is 20.1 Å². The first-order chi connectivity index (χ1) is 13.6. The summed E-state index contributed by atoms with van der Waals surface area (Å²) in [6.07, 6.45) is 1.39. The molecule has 2 atom stereocenters. The highest BCUT2D eigenvalue weighted by Crippen LogP contribution is 2.38. The Morgan fingerprint density at radius 1 is 0.893 bits per heavy atom. The van der Waals surface area contributed by atoms with E-state index < -0.39 is 0 Å². The van der Waals surface area contributed by atoms with E-state index in [-0.39, 0.29) is 23.7 Å². The van der Waals surface area contributed by atoms with E-state index in [2.05, 4.69) is 10.6 Å². The molecule has 0 heterocycles. The zero-order valence-corrected chi connectivity index (χ0v) is 16.2. The summed E-state index contributed by atoms with van der Waals surface area (Å²) in [4.78, 5) is 24.5. The van der Waals surface area contributed by atoms with Crippen molar-refractivity contribution in [2.45, 2.75) is 19.4 Å². The Morgan fingerprint density at radius 2 is 1.57 bits per heavy atom. The molecule has 0 aliphatic heterocycles. The van der Waals surface area contributed by atoms with E-state index in [9.17, 15) is 9.59 Å². The average molecular weight is 382 g/mol. The largest absolute Gasteiger partial charge is 0.493 e. The molecule has 6 nitrogen and oxygen atoms in total. The van der Waals surface area contributed by atoms with Crippen LogP contribution in [0.25, 0.3) is 0 Å². The molecule has 0 saturated heterocycles. The summed E-state index contributed by atoms with van der Waals surface area (Å²) < 4.78 is 10.5. The van der Waals surface area contributed by atoms with Crippen LogP contribution in [-0.2, 0) is 22.6 Å². The van der Waals surface area contributed by atoms with Gasteiger partial charge in [-0.25, -0.2) is 0 Å². The average Bonchev–Trinajstić information content (AvgIpc) is 3.53. The summed E-state index contributed by atoms with van der Waals surface area (Å²) >= 11 is 0. The molecule has 6 heteroatoms. The Labute approximate surface area is 165 Å². The Bertz CT molecular complexity index is 823. The van der Waals surface area contributed by atoms with Crippen molar-refractivity contribution in [3.05, 3.63) is 59.7 Å². The Kier molecular flexibility index (Phi) is 6.53. The lowest BCUT2D eigenvalue weighted by molar-refractivity contribution is -0.127. The van der Waals surface area contributed by atoms with Crippen molar-refractivity contribution in [1.29, 1.82) is 0 Å². The fourth-order valence-electron chi connectivity index (χ4n) is 3.19. The third kappa shape index (κ3) is 5.03. The number of rotatable bonds is 9. The van der Waals surface area contributed by atoms with Crippen LogP contribution in [0.5, 0.6) is 11.5 Å². The number of carbonyl (C=O) groups is 2. The van der Waals surface area contributed by atoms with E-state index in [1.807, 2.05) is 42.5 Å². The second-order valence-corrected chi connectivity index (χ2v) is 6.88. The number of benzene rings is 2. The molecule has 2 unspecified atom stereocenters. The van der Waals surface area contributed by atoms with Gasteiger partial charge in [0.25, 0.3) is 0 Å². The summed E-state index contributed by atoms with van der Waals surface area (Å²) in [5, 5.41) is 5.83. The van der Waals surface area contributed by atoms with Gasteiger partial charge in [0.15, 0.2) is 11.5 Å². The van der Waals surface area contributed by atoms with Gasteiger partial charge in [0.2, 0.25) is 11.8 Å². The highest BCUT2D eigenvalue weighted by molar-refractivity contribution is 5.92. The van der Waals surface area contributed by atoms with Crippen molar-refractivity contribution in [2.75, 3.05) is 20.8 Å². The number of nitrogens with one attached hydrogen (secondary N) is 2. The van der Waals surface area contributed by atoms with Gasteiger partial charge in [0.05, 0.1) is 26.1 Å². The van der Waals surface area contributed by atoms with Crippen LogP contribution in [-0.4, -0.2) is 32.6 Å². The zero-order valence-electron chi connectivity index (χ0n) is 16.2. The van der Waals surface area contributed by atoms with Crippen LogP contribution in [0.3, 0.4) is 0 Å². The van der Waals surface area contributed by atoms with Gasteiger partial charge in [-0.1, -0.05) is 36.4 Å². The van der Waals surface area contributed by atoms with Crippen molar-refractivity contribution >= 4 is 11.8 Å². The standard InChI is InChI=1S/C22H26N2O4/c1-27-19-9-8-16(12-20(19)28-2)14-24-22(26)18-13-17(18)21(25)23-11-10-15-6-4-3-5-7-15/h3-9,12,17-18H,10-11,13-14H2,1-2H3,(H,23,25)(H,24,26). The second-order valence-electron chi connectivity index (χ2n) is 6.88. The highest BCUT2D eigenvalue weighted by Gasteiger charge is 2.47. The van der Waals surface area contributed by atoms with Crippen LogP contribution in [0, 0.1) is 11.8 Å². The molecule has 3 rings (SSSR count). The first-order valence-corrected chi connectivity index (χ1v) is 9.42. The number of carbonyl (C=O) groups excluding carboxylic acids is 2. The number of methoxy groups -OCH3 is 2. The summed E-state index contributed by atoms with van der Waals surface area (Å²) in [5.74, 6) is 0.682. The highest BCUT2D eigenvalue weighted by atomic mass is 16.5. The predicted molar refractivity (Wildman–Crippen MR) is 106 cm³/mol. The Hall–Kier alpha value is -3.02. The van der Waals surface area contributed by atoms with Gasteiger partial charge in [0.1, 0.15) is 0 Å². The molecule has 2 aromatic rings. The summed E-state index contributed by atoms with van der Waals surface area (Å²) in [6.45, 7) is 0.970. The second kappa shape index (κ2) is 9.26. The smallest absolute Gasteiger partial charge is 0.224 e. The molecule has 1 aliphatic rings. The summed E-state index contributed by atoms with van der Waals surface area (Å²) in [5.41, 5.74) is 2.10. The Morgan fingerprint density at radius 3 is 2.25 bits per heavy atom. The van der Waals surface area contributed by atoms with E-state index in [0.29, 0.717) is 31.0 Å². The van der Waals surface area contributed by atoms with Gasteiger partial charge in [-0.2, -0.15) is 0 Å². The van der Waals surface area contributed by atoms with Gasteiger partial charge in [-0.05, 0) is 36.1 Å². The normalized spacial score (nSPS) is 17.5. The van der Waals surface area contributed by atoms with E-state index in [4.69, 9.17) is 9.47 Å². The Balaban J connectivity index is 1.41. The van der Waals surface area contributed by atoms with Gasteiger partial charge in [-0.3, -0.25) is 9.59 Å². The minimum atomic E-state index is -0.239. The molecule has 0 radical (unpaired) electrons. The van der Waals surface area contributed by atoms with Gasteiger partial charge >= 0.3 is 0 Å². The van der Waals surface area contributed by atoms with Crippen molar-refractivity contribution in [1.82, 2.24) is 10.6 Å². The molecule has 1 saturated carbocycles. The third-order valence-corrected chi connectivity index (χ3v) is 4.93. The van der Waals surface area contributed by atoms with Crippen molar-refractivity contribution in [3.8, 4) is 11.5 Å². The number of hydrogen-bond acceptors (Lipinski definition) is 4. The molecule has 0 spiro atoms. The molecule has 2 aromatic carbocycles. The molecule has 0 bridgehead atoms. The molecular weight excluding hydrogens is 356 g/mol. The van der Waals surface area contributed by atoms with Gasteiger partial charge in [-0.15, -0.1) is 0 Å². The molecule has 2 amide bonds. The van der Waals surface area contributed by atoms with Crippen molar-refractivity contribution in [3.63, 3.8) is 0 Å². The topological polar surface area (TPSA) is 76.7 Å². The van der Waals surface area contributed by atoms with E-state index >= 15 is 0 Å². The van der Waals surface area contributed by atoms with Crippen LogP contribution < -0.4 is 20.1 Å². The summed E-state index contributed by atoms with van der Waals surface area (Å²) in [6, 6.07) is 15.5. The molecular formula is C22H26N2O4. The lowest BCUT2D eigenvalue weighted by atomic mass is 10.1. The minimum absolute atomic E-state index is 0.0396. The lowest BCUT2D eigenvalue weighted by Gasteiger charge is -2.10. The first-order valence-electron chi connectivity index (χ1n) is 9.42. The first kappa shape index (κ1) is 19.7. The van der Waals surface area contributed by atoms with Crippen LogP contribution in [0.2, 0.25) is 0 Å². The van der Waals surface area contributed by atoms with E-state index in [1.54, 1.807) is 20.3 Å². The molecule has 148 valence electrons. The third-order valence-electron chi connectivity index (χ3n) is 4.93. The van der Waals surface area contributed by atoms with E-state index in [1.165, 1.54) is 5.56 Å². The fraction of sp³-hybridized carbons (Fsp3) is 0.364. The van der Waals surface area contributed by atoms with Crippen LogP contribution in [0.1, 0.15) is 17.5 Å².